The Hall–Kier alpha value is -9.14. The van der Waals surface area contributed by atoms with Gasteiger partial charge in [0.15, 0.2) is 0 Å². The molecule has 6 heterocycles. The SMILES string of the molecule is CC(C)(C)c1ccnc(-n2c3ccccc3c3ccc(Oc4cccc(N5CN(c6c(-n7c8ccccc8c8ccccc87)cc(C(C)(C)C)cc6-n6c7ccccc7c7ccccc76)c6cnccc65)c4)cc32)c1. The summed E-state index contributed by atoms with van der Waals surface area (Å²) in [4.78, 5) is 14.6. The number of nitrogens with zero attached hydrogens (tertiary/aromatic N) is 7. The summed E-state index contributed by atoms with van der Waals surface area (Å²) in [6.45, 7) is 14.2. The van der Waals surface area contributed by atoms with Crippen molar-refractivity contribution in [1.82, 2.24) is 23.7 Å². The number of hydrogen-bond donors (Lipinski definition) is 0. The molecule has 13 aromatic rings. The summed E-state index contributed by atoms with van der Waals surface area (Å²) in [5.74, 6) is 2.37. The Kier molecular flexibility index (Phi) is 9.92. The van der Waals surface area contributed by atoms with Gasteiger partial charge in [0.25, 0.3) is 0 Å². The van der Waals surface area contributed by atoms with E-state index in [0.29, 0.717) is 6.67 Å². The van der Waals surface area contributed by atoms with E-state index in [-0.39, 0.29) is 10.8 Å². The second-order valence-electron chi connectivity index (χ2n) is 22.0. The van der Waals surface area contributed by atoms with Gasteiger partial charge in [0, 0.05) is 62.5 Å². The van der Waals surface area contributed by atoms with E-state index in [1.807, 2.05) is 24.7 Å². The predicted molar refractivity (Wildman–Crippen MR) is 311 cm³/mol. The number of fused-ring (bicyclic) bond motifs is 10. The first-order valence-corrected chi connectivity index (χ1v) is 25.9. The predicted octanol–water partition coefficient (Wildman–Crippen LogP) is 17.4. The summed E-state index contributed by atoms with van der Waals surface area (Å²) in [6, 6.07) is 70.1. The lowest BCUT2D eigenvalue weighted by Gasteiger charge is -2.31. The maximum absolute atomic E-state index is 6.90. The molecule has 0 saturated carbocycles. The van der Waals surface area contributed by atoms with Crippen LogP contribution in [-0.2, 0) is 10.8 Å². The third-order valence-corrected chi connectivity index (χ3v) is 15.3. The number of benzene rings is 8. The first-order chi connectivity index (χ1) is 36.5. The van der Waals surface area contributed by atoms with Crippen LogP contribution in [0.4, 0.5) is 22.7 Å². The highest BCUT2D eigenvalue weighted by molar-refractivity contribution is 6.13. The third kappa shape index (κ3) is 7.11. The second-order valence-corrected chi connectivity index (χ2v) is 22.0. The molecule has 0 spiro atoms. The maximum atomic E-state index is 6.90. The Morgan fingerprint density at radius 3 is 1.44 bits per heavy atom. The summed E-state index contributed by atoms with van der Waals surface area (Å²) >= 11 is 0. The molecule has 1 aliphatic heterocycles. The van der Waals surface area contributed by atoms with Crippen molar-refractivity contribution in [3.63, 3.8) is 0 Å². The smallest absolute Gasteiger partial charge is 0.137 e. The van der Waals surface area contributed by atoms with Crippen molar-refractivity contribution in [2.45, 2.75) is 52.4 Å². The van der Waals surface area contributed by atoms with E-state index in [0.717, 1.165) is 89.9 Å². The van der Waals surface area contributed by atoms with Crippen LogP contribution >= 0.6 is 0 Å². The fourth-order valence-electron chi connectivity index (χ4n) is 11.7. The van der Waals surface area contributed by atoms with Gasteiger partial charge in [-0.05, 0) is 107 Å². The lowest BCUT2D eigenvalue weighted by Crippen LogP contribution is -2.26. The Balaban J connectivity index is 0.941. The lowest BCUT2D eigenvalue weighted by molar-refractivity contribution is 0.483. The first kappa shape index (κ1) is 44.6. The van der Waals surface area contributed by atoms with Crippen LogP contribution in [-0.4, -0.2) is 30.3 Å². The fourth-order valence-corrected chi connectivity index (χ4v) is 11.7. The number of pyridine rings is 2. The van der Waals surface area contributed by atoms with Gasteiger partial charge in [0.2, 0.25) is 0 Å². The molecular formula is C67H55N7O. The number of ether oxygens (including phenoxy) is 1. The van der Waals surface area contributed by atoms with Crippen molar-refractivity contribution in [1.29, 1.82) is 0 Å². The summed E-state index contributed by atoms with van der Waals surface area (Å²) in [7, 11) is 0. The van der Waals surface area contributed by atoms with E-state index < -0.39 is 0 Å². The molecule has 0 atom stereocenters. The molecule has 75 heavy (non-hydrogen) atoms. The summed E-state index contributed by atoms with van der Waals surface area (Å²) in [5, 5.41) is 7.18. The van der Waals surface area contributed by atoms with Crippen LogP contribution in [0, 0.1) is 0 Å². The van der Waals surface area contributed by atoms with Crippen molar-refractivity contribution in [2.24, 2.45) is 0 Å². The third-order valence-electron chi connectivity index (χ3n) is 15.3. The van der Waals surface area contributed by atoms with Gasteiger partial charge in [-0.15, -0.1) is 0 Å². The highest BCUT2D eigenvalue weighted by Gasteiger charge is 2.35. The van der Waals surface area contributed by atoms with Gasteiger partial charge in [0.1, 0.15) is 24.0 Å². The zero-order valence-electron chi connectivity index (χ0n) is 43.0. The summed E-state index contributed by atoms with van der Waals surface area (Å²) in [6.07, 6.45) is 5.85. The Morgan fingerprint density at radius 1 is 0.387 bits per heavy atom. The molecule has 0 bridgehead atoms. The van der Waals surface area contributed by atoms with E-state index in [4.69, 9.17) is 14.7 Å². The zero-order chi connectivity index (χ0) is 50.7. The topological polar surface area (TPSA) is 56.3 Å². The van der Waals surface area contributed by atoms with Crippen molar-refractivity contribution in [3.05, 3.63) is 224 Å². The van der Waals surface area contributed by atoms with Gasteiger partial charge in [-0.2, -0.15) is 0 Å². The van der Waals surface area contributed by atoms with E-state index >= 15 is 0 Å². The monoisotopic (exact) mass is 973 g/mol. The minimum atomic E-state index is -0.189. The molecule has 0 radical (unpaired) electrons. The van der Waals surface area contributed by atoms with E-state index in [1.165, 1.54) is 38.1 Å². The molecule has 0 saturated heterocycles. The standard InChI is InChI=1S/C67H55N7O/c1-66(2,3)43-32-35-69-64(38-43)74-58-29-16-11-24-52(58)53-31-30-47(40-60(53)74)75-46-19-17-18-45(39-46)70-42-71(63-41-68-34-33-59(63)70)65-61(72-54-25-12-7-20-48(54)49-21-8-13-26-55(49)72)36-44(67(4,5)6)37-62(65)73-56-27-14-9-22-50(56)51-23-10-15-28-57(51)73/h7-41H,42H2,1-6H3. The van der Waals surface area contributed by atoms with Crippen LogP contribution < -0.4 is 14.5 Å². The molecule has 0 N–H and O–H groups in total. The lowest BCUT2D eigenvalue weighted by atomic mass is 9.86. The summed E-state index contributed by atoms with van der Waals surface area (Å²) < 4.78 is 14.2. The average Bonchev–Trinajstić information content (AvgIpc) is 4.18. The normalized spacial score (nSPS) is 13.1. The van der Waals surface area contributed by atoms with Crippen LogP contribution in [0.25, 0.3) is 82.6 Å². The van der Waals surface area contributed by atoms with Gasteiger partial charge >= 0.3 is 0 Å². The number of para-hydroxylation sites is 5. The highest BCUT2D eigenvalue weighted by atomic mass is 16.5. The van der Waals surface area contributed by atoms with Crippen LogP contribution in [0.1, 0.15) is 52.7 Å². The van der Waals surface area contributed by atoms with E-state index in [2.05, 4.69) is 253 Å². The van der Waals surface area contributed by atoms with Crippen molar-refractivity contribution < 1.29 is 4.74 Å². The molecule has 0 amide bonds. The highest BCUT2D eigenvalue weighted by Crippen LogP contribution is 2.51. The Labute approximate surface area is 435 Å². The average molecular weight is 974 g/mol. The van der Waals surface area contributed by atoms with E-state index in [9.17, 15) is 0 Å². The number of rotatable bonds is 7. The first-order valence-electron chi connectivity index (χ1n) is 25.9. The molecule has 14 rings (SSSR count). The minimum Gasteiger partial charge on any atom is -0.457 e. The van der Waals surface area contributed by atoms with Crippen LogP contribution in [0.5, 0.6) is 11.5 Å². The zero-order valence-corrected chi connectivity index (χ0v) is 43.0. The molecule has 0 aliphatic carbocycles. The van der Waals surface area contributed by atoms with Crippen LogP contribution in [0.2, 0.25) is 0 Å². The quantitative estimate of drug-likeness (QED) is 0.159. The second kappa shape index (κ2) is 16.7. The van der Waals surface area contributed by atoms with E-state index in [1.54, 1.807) is 0 Å². The van der Waals surface area contributed by atoms with Crippen LogP contribution in [0.3, 0.4) is 0 Å². The van der Waals surface area contributed by atoms with Gasteiger partial charge < -0.3 is 23.7 Å². The molecular weight excluding hydrogens is 919 g/mol. The van der Waals surface area contributed by atoms with Crippen molar-refractivity contribution in [2.75, 3.05) is 16.5 Å². The maximum Gasteiger partial charge on any atom is 0.137 e. The van der Waals surface area contributed by atoms with Crippen molar-refractivity contribution in [3.8, 4) is 28.7 Å². The molecule has 8 nitrogen and oxygen atoms in total. The van der Waals surface area contributed by atoms with Gasteiger partial charge in [-0.3, -0.25) is 9.55 Å². The number of hydrogen-bond acceptors (Lipinski definition) is 5. The molecule has 364 valence electrons. The summed E-state index contributed by atoms with van der Waals surface area (Å²) in [5.41, 5.74) is 15.3. The molecule has 0 unspecified atom stereocenters. The number of anilines is 4. The molecule has 5 aromatic heterocycles. The fraction of sp³-hybridized carbons (Fsp3) is 0.134. The Bertz CT molecular complexity index is 4190. The van der Waals surface area contributed by atoms with Crippen molar-refractivity contribution >= 4 is 88.2 Å². The van der Waals surface area contributed by atoms with Gasteiger partial charge in [-0.1, -0.05) is 139 Å². The van der Waals surface area contributed by atoms with Crippen LogP contribution in [0.15, 0.2) is 213 Å². The molecule has 8 heteroatoms. The van der Waals surface area contributed by atoms with Gasteiger partial charge in [0.05, 0.1) is 67.7 Å². The molecule has 1 aliphatic rings. The molecule has 0 fully saturated rings. The number of aromatic nitrogens is 5. The minimum absolute atomic E-state index is 0.0285. The van der Waals surface area contributed by atoms with Gasteiger partial charge in [-0.25, -0.2) is 4.98 Å². The largest absolute Gasteiger partial charge is 0.457 e. The molecule has 8 aromatic carbocycles. The Morgan fingerprint density at radius 2 is 0.893 bits per heavy atom.